The molecule has 0 fully saturated rings. The number of aryl methyl sites for hydroxylation is 1. The number of hydrogen-bond donors (Lipinski definition) is 1. The van der Waals surface area contributed by atoms with E-state index < -0.39 is 0 Å². The Hall–Kier alpha value is -1.18. The Kier molecular flexibility index (Phi) is 4.15. The first-order chi connectivity index (χ1) is 8.58. The highest BCUT2D eigenvalue weighted by Gasteiger charge is 2.02. The van der Waals surface area contributed by atoms with Gasteiger partial charge in [-0.3, -0.25) is 0 Å². The summed E-state index contributed by atoms with van der Waals surface area (Å²) in [5.74, 6) is 0. The highest BCUT2D eigenvalue weighted by molar-refractivity contribution is 6.31. The molecule has 1 N–H and O–H groups in total. The van der Waals surface area contributed by atoms with Crippen LogP contribution in [0.3, 0.4) is 0 Å². The summed E-state index contributed by atoms with van der Waals surface area (Å²) in [5, 5.41) is 4.96. The van der Waals surface area contributed by atoms with E-state index in [1.54, 1.807) is 0 Å². The lowest BCUT2D eigenvalue weighted by molar-refractivity contribution is 1.14. The van der Waals surface area contributed by atoms with Crippen LogP contribution < -0.4 is 5.32 Å². The Morgan fingerprint density at radius 2 is 1.78 bits per heavy atom. The molecule has 2 rings (SSSR count). The Labute approximate surface area is 118 Å². The fraction of sp³-hybridized carbons (Fsp3) is 0.200. The van der Waals surface area contributed by atoms with E-state index in [-0.39, 0.29) is 0 Å². The van der Waals surface area contributed by atoms with Gasteiger partial charge < -0.3 is 5.32 Å². The minimum absolute atomic E-state index is 0.737. The van der Waals surface area contributed by atoms with Crippen LogP contribution in [0.5, 0.6) is 0 Å². The largest absolute Gasteiger partial charge is 0.381 e. The predicted molar refractivity (Wildman–Crippen MR) is 79.7 cm³/mol. The normalized spacial score (nSPS) is 10.4. The lowest BCUT2D eigenvalue weighted by atomic mass is 10.1. The number of hydrogen-bond acceptors (Lipinski definition) is 1. The summed E-state index contributed by atoms with van der Waals surface area (Å²) in [7, 11) is 0. The van der Waals surface area contributed by atoms with Gasteiger partial charge in [0.1, 0.15) is 0 Å². The predicted octanol–water partition coefficient (Wildman–Crippen LogP) is 5.22. The van der Waals surface area contributed by atoms with Gasteiger partial charge in [0.15, 0.2) is 0 Å². The number of benzene rings is 2. The average molecular weight is 280 g/mol. The minimum Gasteiger partial charge on any atom is -0.381 e. The Morgan fingerprint density at radius 3 is 2.50 bits per heavy atom. The van der Waals surface area contributed by atoms with E-state index in [0.29, 0.717) is 0 Å². The van der Waals surface area contributed by atoms with Crippen LogP contribution in [0, 0.1) is 13.8 Å². The van der Waals surface area contributed by atoms with E-state index in [1.165, 1.54) is 0 Å². The first-order valence-electron chi connectivity index (χ1n) is 5.82. The zero-order valence-corrected chi connectivity index (χ0v) is 11.9. The Bertz CT molecular complexity index is 564. The van der Waals surface area contributed by atoms with Gasteiger partial charge in [0.25, 0.3) is 0 Å². The van der Waals surface area contributed by atoms with Gasteiger partial charge in [-0.2, -0.15) is 0 Å². The minimum atomic E-state index is 0.737. The molecule has 1 nitrogen and oxygen atoms in total. The van der Waals surface area contributed by atoms with Crippen LogP contribution in [-0.2, 0) is 6.54 Å². The van der Waals surface area contributed by atoms with Crippen molar-refractivity contribution in [3.63, 3.8) is 0 Å². The molecule has 0 spiro atoms. The zero-order valence-electron chi connectivity index (χ0n) is 10.4. The fourth-order valence-corrected chi connectivity index (χ4v) is 2.12. The number of halogens is 2. The molecule has 0 unspecified atom stereocenters. The molecule has 0 aliphatic carbocycles. The molecule has 0 radical (unpaired) electrons. The first-order valence-corrected chi connectivity index (χ1v) is 6.57. The maximum Gasteiger partial charge on any atom is 0.0455 e. The molecule has 0 bridgehead atoms. The second-order valence-corrected chi connectivity index (χ2v) is 5.16. The van der Waals surface area contributed by atoms with Gasteiger partial charge in [-0.15, -0.1) is 0 Å². The van der Waals surface area contributed by atoms with Crippen molar-refractivity contribution < 1.29 is 0 Å². The molecular weight excluding hydrogens is 265 g/mol. The summed E-state index contributed by atoms with van der Waals surface area (Å²) >= 11 is 12.2. The van der Waals surface area contributed by atoms with Crippen molar-refractivity contribution in [1.82, 2.24) is 0 Å². The van der Waals surface area contributed by atoms with Crippen molar-refractivity contribution in [2.45, 2.75) is 20.4 Å². The van der Waals surface area contributed by atoms with Gasteiger partial charge in [-0.05, 0) is 48.7 Å². The van der Waals surface area contributed by atoms with Crippen LogP contribution in [0.25, 0.3) is 0 Å². The molecular formula is C15H15Cl2N. The van der Waals surface area contributed by atoms with Crippen molar-refractivity contribution in [1.29, 1.82) is 0 Å². The summed E-state index contributed by atoms with van der Waals surface area (Å²) in [4.78, 5) is 0. The first kappa shape index (κ1) is 13.3. The quantitative estimate of drug-likeness (QED) is 0.812. The number of anilines is 1. The molecule has 0 aliphatic rings. The van der Waals surface area contributed by atoms with Crippen LogP contribution in [0.2, 0.25) is 10.0 Å². The summed E-state index contributed by atoms with van der Waals surface area (Å²) in [6.07, 6.45) is 0. The Morgan fingerprint density at radius 1 is 1.00 bits per heavy atom. The summed E-state index contributed by atoms with van der Waals surface area (Å²) in [6, 6.07) is 12.0. The van der Waals surface area contributed by atoms with Crippen LogP contribution in [0.4, 0.5) is 5.69 Å². The third-order valence-corrected chi connectivity index (χ3v) is 3.80. The zero-order chi connectivity index (χ0) is 13.1. The van der Waals surface area contributed by atoms with E-state index in [4.69, 9.17) is 23.2 Å². The summed E-state index contributed by atoms with van der Waals surface area (Å²) in [6.45, 7) is 4.74. The van der Waals surface area contributed by atoms with Crippen molar-refractivity contribution >= 4 is 28.9 Å². The van der Waals surface area contributed by atoms with Gasteiger partial charge in [0.2, 0.25) is 0 Å². The monoisotopic (exact) mass is 279 g/mol. The van der Waals surface area contributed by atoms with Crippen molar-refractivity contribution in [3.8, 4) is 0 Å². The van der Waals surface area contributed by atoms with E-state index in [2.05, 4.69) is 11.4 Å². The molecule has 18 heavy (non-hydrogen) atoms. The van der Waals surface area contributed by atoms with E-state index >= 15 is 0 Å². The smallest absolute Gasteiger partial charge is 0.0455 e. The second-order valence-electron chi connectivity index (χ2n) is 4.35. The summed E-state index contributed by atoms with van der Waals surface area (Å²) in [5.41, 5.74) is 4.38. The highest BCUT2D eigenvalue weighted by atomic mass is 35.5. The Balaban J connectivity index is 2.11. The van der Waals surface area contributed by atoms with E-state index in [1.807, 2.05) is 44.2 Å². The molecule has 0 heterocycles. The van der Waals surface area contributed by atoms with Crippen LogP contribution in [-0.4, -0.2) is 0 Å². The molecule has 94 valence electrons. The molecule has 0 amide bonds. The van der Waals surface area contributed by atoms with Gasteiger partial charge in [-0.25, -0.2) is 0 Å². The SMILES string of the molecule is Cc1ccc(CNc2cccc(Cl)c2C)cc1Cl. The van der Waals surface area contributed by atoms with Crippen molar-refractivity contribution in [2.24, 2.45) is 0 Å². The molecule has 3 heteroatoms. The third-order valence-electron chi connectivity index (χ3n) is 2.99. The molecule has 0 saturated carbocycles. The lowest BCUT2D eigenvalue weighted by Gasteiger charge is -2.11. The molecule has 0 saturated heterocycles. The average Bonchev–Trinajstić information content (AvgIpc) is 2.35. The molecule has 0 aromatic heterocycles. The van der Waals surface area contributed by atoms with Crippen molar-refractivity contribution in [2.75, 3.05) is 5.32 Å². The highest BCUT2D eigenvalue weighted by Crippen LogP contribution is 2.24. The van der Waals surface area contributed by atoms with Gasteiger partial charge in [0.05, 0.1) is 0 Å². The number of rotatable bonds is 3. The lowest BCUT2D eigenvalue weighted by Crippen LogP contribution is -2.01. The fourth-order valence-electron chi connectivity index (χ4n) is 1.74. The second kappa shape index (κ2) is 5.64. The van der Waals surface area contributed by atoms with Gasteiger partial charge >= 0.3 is 0 Å². The standard InChI is InChI=1S/C15H15Cl2N/c1-10-6-7-12(8-14(10)17)9-18-15-5-3-4-13(16)11(15)2/h3-8,18H,9H2,1-2H3. The van der Waals surface area contributed by atoms with E-state index in [9.17, 15) is 0 Å². The maximum atomic E-state index is 6.10. The van der Waals surface area contributed by atoms with Gasteiger partial charge in [0, 0.05) is 22.3 Å². The summed E-state index contributed by atoms with van der Waals surface area (Å²) < 4.78 is 0. The maximum absolute atomic E-state index is 6.10. The number of nitrogens with one attached hydrogen (secondary N) is 1. The van der Waals surface area contributed by atoms with Gasteiger partial charge in [-0.1, -0.05) is 41.4 Å². The van der Waals surface area contributed by atoms with E-state index in [0.717, 1.165) is 39.0 Å². The molecule has 2 aromatic rings. The molecule has 2 aromatic carbocycles. The third kappa shape index (κ3) is 2.98. The topological polar surface area (TPSA) is 12.0 Å². The molecule has 0 atom stereocenters. The van der Waals surface area contributed by atoms with Crippen LogP contribution in [0.1, 0.15) is 16.7 Å². The van der Waals surface area contributed by atoms with Crippen molar-refractivity contribution in [3.05, 3.63) is 63.1 Å². The van der Waals surface area contributed by atoms with Crippen LogP contribution >= 0.6 is 23.2 Å². The van der Waals surface area contributed by atoms with Crippen LogP contribution in [0.15, 0.2) is 36.4 Å². The molecule has 0 aliphatic heterocycles.